The number of nitrogens with zero attached hydrogens (tertiary/aromatic N) is 3. The molecule has 0 bridgehead atoms. The number of sulfonamides is 1. The summed E-state index contributed by atoms with van der Waals surface area (Å²) in [5, 5.41) is 9.74. The largest absolute Gasteiger partial charge is 0.350 e. The summed E-state index contributed by atoms with van der Waals surface area (Å²) in [6.07, 6.45) is 6.56. The first-order valence-electron chi connectivity index (χ1n) is 11.4. The van der Waals surface area contributed by atoms with Crippen LogP contribution in [0.15, 0.2) is 42.7 Å². The molecule has 0 radical (unpaired) electrons. The second-order valence-corrected chi connectivity index (χ2v) is 10.4. The third-order valence-electron chi connectivity index (χ3n) is 5.74. The summed E-state index contributed by atoms with van der Waals surface area (Å²) in [4.78, 5) is 25.9. The molecule has 2 N–H and O–H groups in total. The zero-order valence-electron chi connectivity index (χ0n) is 19.2. The number of carbonyl (C=O) groups excluding carboxylic acids is 2. The van der Waals surface area contributed by atoms with Crippen LogP contribution in [-0.2, 0) is 39.0 Å². The van der Waals surface area contributed by atoms with Crippen LogP contribution in [0.5, 0.6) is 0 Å². The van der Waals surface area contributed by atoms with Gasteiger partial charge in [0.1, 0.15) is 12.1 Å². The van der Waals surface area contributed by atoms with E-state index in [0.717, 1.165) is 12.0 Å². The molecule has 0 saturated carbocycles. The number of amides is 2. The highest BCUT2D eigenvalue weighted by atomic mass is 32.2. The Morgan fingerprint density at radius 3 is 2.64 bits per heavy atom. The molecule has 2 unspecified atom stereocenters. The Morgan fingerprint density at radius 1 is 1.21 bits per heavy atom. The van der Waals surface area contributed by atoms with E-state index in [1.807, 2.05) is 19.2 Å². The van der Waals surface area contributed by atoms with Crippen molar-refractivity contribution in [1.29, 1.82) is 0 Å². The minimum absolute atomic E-state index is 0. The highest BCUT2D eigenvalue weighted by Gasteiger charge is 2.37. The summed E-state index contributed by atoms with van der Waals surface area (Å²) in [6, 6.07) is 7.43. The molecule has 182 valence electrons. The van der Waals surface area contributed by atoms with Gasteiger partial charge in [0.25, 0.3) is 0 Å². The molecule has 1 saturated heterocycles. The van der Waals surface area contributed by atoms with Crippen molar-refractivity contribution in [1.82, 2.24) is 24.7 Å². The summed E-state index contributed by atoms with van der Waals surface area (Å²) in [7, 11) is -1.88. The van der Waals surface area contributed by atoms with E-state index in [9.17, 15) is 18.0 Å². The van der Waals surface area contributed by atoms with Crippen molar-refractivity contribution in [3.8, 4) is 0 Å². The lowest BCUT2D eigenvalue weighted by Gasteiger charge is -2.34. The number of carbonyl (C=O) groups is 2. The fraction of sp³-hybridized carbons (Fsp3) is 0.522. The molecule has 2 aromatic rings. The summed E-state index contributed by atoms with van der Waals surface area (Å²) in [5.74, 6) is -0.855. The quantitative estimate of drug-likeness (QED) is 0.543. The minimum atomic E-state index is -3.68. The summed E-state index contributed by atoms with van der Waals surface area (Å²) in [5.41, 5.74) is 1.54. The number of rotatable bonds is 10. The lowest BCUT2D eigenvalue weighted by atomic mass is 10.0. The molecule has 10 heteroatoms. The standard InChI is InChI=1S/C23H33N5O4S.H2/c1-3-9-20(22(29)24-14-19-15-25-27(2)16-19)26-23(30)21-12-7-8-13-28(21)33(31,32)17-18-10-5-4-6-11-18;/h4-6,10-11,15-16,20-21H,3,7-9,12-14,17H2,1-2H3,(H,24,29)(H,26,30);1H. The van der Waals surface area contributed by atoms with Crippen molar-refractivity contribution >= 4 is 21.8 Å². The van der Waals surface area contributed by atoms with E-state index in [-0.39, 0.29) is 13.1 Å². The normalized spacial score (nSPS) is 17.9. The Kier molecular flexibility index (Phi) is 8.62. The Labute approximate surface area is 197 Å². The average molecular weight is 478 g/mol. The zero-order chi connectivity index (χ0) is 23.8. The summed E-state index contributed by atoms with van der Waals surface area (Å²) in [6.45, 7) is 2.55. The molecular weight excluding hydrogens is 442 g/mol. The van der Waals surface area contributed by atoms with Gasteiger partial charge in [-0.15, -0.1) is 0 Å². The third kappa shape index (κ3) is 6.88. The second-order valence-electron chi connectivity index (χ2n) is 8.45. The minimum Gasteiger partial charge on any atom is -0.350 e. The van der Waals surface area contributed by atoms with Crippen molar-refractivity contribution in [2.75, 3.05) is 6.54 Å². The van der Waals surface area contributed by atoms with Gasteiger partial charge in [0.2, 0.25) is 21.8 Å². The average Bonchev–Trinajstić information content (AvgIpc) is 3.22. The highest BCUT2D eigenvalue weighted by molar-refractivity contribution is 7.88. The van der Waals surface area contributed by atoms with Gasteiger partial charge in [-0.2, -0.15) is 9.40 Å². The molecule has 33 heavy (non-hydrogen) atoms. The molecule has 1 aliphatic rings. The Morgan fingerprint density at radius 2 is 1.97 bits per heavy atom. The first-order valence-corrected chi connectivity index (χ1v) is 13.0. The molecule has 1 aromatic heterocycles. The van der Waals surface area contributed by atoms with E-state index in [2.05, 4.69) is 15.7 Å². The van der Waals surface area contributed by atoms with Gasteiger partial charge >= 0.3 is 0 Å². The van der Waals surface area contributed by atoms with E-state index in [4.69, 9.17) is 0 Å². The smallest absolute Gasteiger partial charge is 0.242 e. The van der Waals surface area contributed by atoms with Gasteiger partial charge in [-0.1, -0.05) is 50.1 Å². The van der Waals surface area contributed by atoms with Gasteiger partial charge in [0, 0.05) is 33.3 Å². The summed E-state index contributed by atoms with van der Waals surface area (Å²) >= 11 is 0. The Balaban J connectivity index is 0.00000408. The number of hydrogen-bond donors (Lipinski definition) is 2. The van der Waals surface area contributed by atoms with Crippen molar-refractivity contribution < 1.29 is 19.4 Å². The molecule has 1 aliphatic heterocycles. The monoisotopic (exact) mass is 477 g/mol. The van der Waals surface area contributed by atoms with E-state index in [1.165, 1.54) is 4.31 Å². The van der Waals surface area contributed by atoms with Gasteiger partial charge in [0.05, 0.1) is 11.9 Å². The molecule has 1 aromatic carbocycles. The molecular formula is C23H35N5O4S. The van der Waals surface area contributed by atoms with Crippen molar-refractivity contribution in [2.24, 2.45) is 7.05 Å². The fourth-order valence-corrected chi connectivity index (χ4v) is 5.84. The molecule has 2 amide bonds. The van der Waals surface area contributed by atoms with E-state index >= 15 is 0 Å². The van der Waals surface area contributed by atoms with Crippen LogP contribution in [0.25, 0.3) is 0 Å². The SMILES string of the molecule is CCCC(NC(=O)C1CCCCN1S(=O)(=O)Cc1ccccc1)C(=O)NCc1cnn(C)c1.[HH]. The van der Waals surface area contributed by atoms with Crippen molar-refractivity contribution in [2.45, 2.75) is 63.4 Å². The topological polar surface area (TPSA) is 113 Å². The van der Waals surface area contributed by atoms with Gasteiger partial charge in [-0.3, -0.25) is 14.3 Å². The third-order valence-corrected chi connectivity index (χ3v) is 7.59. The van der Waals surface area contributed by atoms with Crippen molar-refractivity contribution in [3.63, 3.8) is 0 Å². The molecule has 3 rings (SSSR count). The molecule has 2 heterocycles. The molecule has 2 atom stereocenters. The van der Waals surface area contributed by atoms with Gasteiger partial charge in [0.15, 0.2) is 0 Å². The Hall–Kier alpha value is -2.72. The zero-order valence-corrected chi connectivity index (χ0v) is 20.1. The first-order chi connectivity index (χ1) is 15.8. The van der Waals surface area contributed by atoms with Crippen LogP contribution in [0.3, 0.4) is 0 Å². The maximum Gasteiger partial charge on any atom is 0.242 e. The van der Waals surface area contributed by atoms with Crippen LogP contribution in [0, 0.1) is 0 Å². The lowest BCUT2D eigenvalue weighted by molar-refractivity contribution is -0.131. The summed E-state index contributed by atoms with van der Waals surface area (Å²) < 4.78 is 29.2. The molecule has 0 aliphatic carbocycles. The van der Waals surface area contributed by atoms with Crippen molar-refractivity contribution in [3.05, 3.63) is 53.9 Å². The second kappa shape index (κ2) is 11.4. The van der Waals surface area contributed by atoms with E-state index in [1.54, 1.807) is 42.2 Å². The van der Waals surface area contributed by atoms with Crippen LogP contribution in [0.2, 0.25) is 0 Å². The van der Waals surface area contributed by atoms with Gasteiger partial charge in [-0.05, 0) is 24.8 Å². The number of hydrogen-bond acceptors (Lipinski definition) is 5. The molecule has 0 spiro atoms. The predicted octanol–water partition coefficient (Wildman–Crippen LogP) is 1.95. The van der Waals surface area contributed by atoms with Crippen LogP contribution in [-0.4, -0.2) is 52.9 Å². The fourth-order valence-electron chi connectivity index (χ4n) is 4.07. The Bertz CT molecular complexity index is 1040. The highest BCUT2D eigenvalue weighted by Crippen LogP contribution is 2.23. The number of aryl methyl sites for hydroxylation is 1. The van der Waals surface area contributed by atoms with Crippen LogP contribution in [0.1, 0.15) is 51.6 Å². The lowest BCUT2D eigenvalue weighted by Crippen LogP contribution is -2.56. The molecule has 9 nitrogen and oxygen atoms in total. The number of benzene rings is 1. The number of piperidine rings is 1. The van der Waals surface area contributed by atoms with Gasteiger partial charge in [-0.25, -0.2) is 8.42 Å². The maximum atomic E-state index is 13.2. The van der Waals surface area contributed by atoms with E-state index < -0.39 is 28.0 Å². The molecule has 1 fully saturated rings. The van der Waals surface area contributed by atoms with Crippen LogP contribution in [0.4, 0.5) is 0 Å². The first kappa shape index (κ1) is 24.9. The van der Waals surface area contributed by atoms with Gasteiger partial charge < -0.3 is 10.6 Å². The predicted molar refractivity (Wildman–Crippen MR) is 127 cm³/mol. The number of nitrogens with one attached hydrogen (secondary N) is 2. The maximum absolute atomic E-state index is 13.2. The van der Waals surface area contributed by atoms with Crippen LogP contribution >= 0.6 is 0 Å². The van der Waals surface area contributed by atoms with Crippen LogP contribution < -0.4 is 10.6 Å². The number of aromatic nitrogens is 2. The van der Waals surface area contributed by atoms with E-state index in [0.29, 0.717) is 44.3 Å².